The normalized spacial score (nSPS) is 11.8. The molecule has 0 fully saturated rings. The SMILES string of the molecule is CCC(=O)COc1cc(Cl)c(-c2noc(-c3cn4cc(C(C)(F)F)cc(Cl)c4n3)n2)cc1Cl. The molecule has 172 valence electrons. The zero-order valence-corrected chi connectivity index (χ0v) is 19.5. The molecule has 4 aromatic rings. The third-order valence-corrected chi connectivity index (χ3v) is 5.59. The number of carbonyl (C=O) groups is 1. The molecule has 0 unspecified atom stereocenters. The van der Waals surface area contributed by atoms with Crippen molar-refractivity contribution in [3.8, 4) is 28.7 Å². The lowest BCUT2D eigenvalue weighted by Crippen LogP contribution is -2.09. The summed E-state index contributed by atoms with van der Waals surface area (Å²) >= 11 is 18.7. The molecule has 3 aromatic heterocycles. The molecule has 0 aliphatic rings. The number of pyridine rings is 1. The number of fused-ring (bicyclic) bond motifs is 1. The van der Waals surface area contributed by atoms with E-state index in [-0.39, 0.29) is 61.8 Å². The predicted octanol–water partition coefficient (Wildman–Crippen LogP) is 6.48. The number of alkyl halides is 2. The molecule has 4 rings (SSSR count). The number of ether oxygens (including phenoxy) is 1. The zero-order valence-electron chi connectivity index (χ0n) is 17.2. The minimum absolute atomic E-state index is 0.0237. The molecule has 0 spiro atoms. The van der Waals surface area contributed by atoms with Crippen molar-refractivity contribution in [3.63, 3.8) is 0 Å². The van der Waals surface area contributed by atoms with Crippen LogP contribution in [0.4, 0.5) is 8.78 Å². The van der Waals surface area contributed by atoms with E-state index in [1.54, 1.807) is 6.92 Å². The third kappa shape index (κ3) is 4.80. The van der Waals surface area contributed by atoms with Crippen molar-refractivity contribution in [2.24, 2.45) is 0 Å². The number of halogens is 5. The minimum atomic E-state index is -3.07. The van der Waals surface area contributed by atoms with Crippen molar-refractivity contribution in [3.05, 3.63) is 51.2 Å². The summed E-state index contributed by atoms with van der Waals surface area (Å²) in [5.41, 5.74) is 0.580. The van der Waals surface area contributed by atoms with E-state index >= 15 is 0 Å². The lowest BCUT2D eigenvalue weighted by molar-refractivity contribution is -0.120. The molecular formula is C21H15Cl3F2N4O3. The van der Waals surface area contributed by atoms with Crippen LogP contribution in [0.25, 0.3) is 28.6 Å². The standard InChI is InChI=1S/C21H15Cl3F2N4O3/c1-3-11(31)9-32-17-6-13(22)12(5-14(17)23)18-28-20(33-29-18)16-8-30-7-10(21(2,25)26)4-15(24)19(30)27-16/h4-8H,3,9H2,1-2H3. The molecule has 0 N–H and O–H groups in total. The van der Waals surface area contributed by atoms with Crippen LogP contribution in [0.5, 0.6) is 5.75 Å². The highest BCUT2D eigenvalue weighted by atomic mass is 35.5. The van der Waals surface area contributed by atoms with Gasteiger partial charge in [0, 0.05) is 42.9 Å². The van der Waals surface area contributed by atoms with E-state index in [1.807, 2.05) is 0 Å². The summed E-state index contributed by atoms with van der Waals surface area (Å²) in [7, 11) is 0. The molecule has 0 aliphatic carbocycles. The maximum absolute atomic E-state index is 13.7. The number of imidazole rings is 1. The lowest BCUT2D eigenvalue weighted by Gasteiger charge is -2.11. The fourth-order valence-corrected chi connectivity index (χ4v) is 3.62. The number of hydrogen-bond acceptors (Lipinski definition) is 6. The van der Waals surface area contributed by atoms with Crippen LogP contribution in [0.3, 0.4) is 0 Å². The van der Waals surface area contributed by atoms with Crippen LogP contribution in [-0.4, -0.2) is 31.9 Å². The zero-order chi connectivity index (χ0) is 23.9. The molecule has 0 amide bonds. The molecule has 0 saturated carbocycles. The molecule has 0 radical (unpaired) electrons. The molecule has 3 heterocycles. The molecule has 0 atom stereocenters. The Morgan fingerprint density at radius 1 is 1.12 bits per heavy atom. The molecule has 0 bridgehead atoms. The molecule has 7 nitrogen and oxygen atoms in total. The first kappa shape index (κ1) is 23.4. The summed E-state index contributed by atoms with van der Waals surface area (Å²) < 4.78 is 39.5. The van der Waals surface area contributed by atoms with E-state index < -0.39 is 5.92 Å². The van der Waals surface area contributed by atoms with Crippen LogP contribution in [0.1, 0.15) is 25.8 Å². The van der Waals surface area contributed by atoms with Crippen LogP contribution in [0.15, 0.2) is 35.1 Å². The van der Waals surface area contributed by atoms with Gasteiger partial charge in [0.15, 0.2) is 11.4 Å². The Bertz CT molecular complexity index is 1370. The van der Waals surface area contributed by atoms with Gasteiger partial charge in [-0.3, -0.25) is 4.79 Å². The average Bonchev–Trinajstić information content (AvgIpc) is 3.40. The second-order valence-electron chi connectivity index (χ2n) is 7.19. The Morgan fingerprint density at radius 2 is 1.88 bits per heavy atom. The van der Waals surface area contributed by atoms with Gasteiger partial charge < -0.3 is 13.7 Å². The van der Waals surface area contributed by atoms with E-state index in [9.17, 15) is 13.6 Å². The maximum atomic E-state index is 13.7. The Labute approximate surface area is 201 Å². The average molecular weight is 516 g/mol. The van der Waals surface area contributed by atoms with Crippen molar-refractivity contribution in [2.75, 3.05) is 6.61 Å². The molecule has 0 aliphatic heterocycles. The summed E-state index contributed by atoms with van der Waals surface area (Å²) in [5, 5.41) is 4.38. The molecule has 0 saturated heterocycles. The van der Waals surface area contributed by atoms with E-state index in [2.05, 4.69) is 15.1 Å². The second-order valence-corrected chi connectivity index (χ2v) is 8.41. The first-order valence-electron chi connectivity index (χ1n) is 9.61. The maximum Gasteiger partial charge on any atom is 0.278 e. The van der Waals surface area contributed by atoms with E-state index in [4.69, 9.17) is 44.1 Å². The monoisotopic (exact) mass is 514 g/mol. The number of nitrogens with zero attached hydrogens (tertiary/aromatic N) is 4. The minimum Gasteiger partial charge on any atom is -0.484 e. The second kappa shape index (κ2) is 8.89. The number of benzene rings is 1. The molecule has 1 aromatic carbocycles. The number of ketones is 1. The van der Waals surface area contributed by atoms with E-state index in [1.165, 1.54) is 28.9 Å². The Hall–Kier alpha value is -2.75. The summed E-state index contributed by atoms with van der Waals surface area (Å²) in [4.78, 5) is 20.1. The van der Waals surface area contributed by atoms with E-state index in [0.717, 1.165) is 13.0 Å². The van der Waals surface area contributed by atoms with Crippen LogP contribution in [0, 0.1) is 0 Å². The van der Waals surface area contributed by atoms with Gasteiger partial charge in [-0.15, -0.1) is 0 Å². The first-order valence-corrected chi connectivity index (χ1v) is 10.7. The van der Waals surface area contributed by atoms with Gasteiger partial charge in [0.2, 0.25) is 5.82 Å². The molecular weight excluding hydrogens is 501 g/mol. The molecule has 12 heteroatoms. The van der Waals surface area contributed by atoms with Crippen LogP contribution in [0.2, 0.25) is 15.1 Å². The van der Waals surface area contributed by atoms with Crippen LogP contribution >= 0.6 is 34.8 Å². The van der Waals surface area contributed by atoms with Crippen molar-refractivity contribution < 1.29 is 22.8 Å². The number of hydrogen-bond donors (Lipinski definition) is 0. The number of aromatic nitrogens is 4. The summed E-state index contributed by atoms with van der Waals surface area (Å²) in [6.07, 6.45) is 3.02. The predicted molar refractivity (Wildman–Crippen MR) is 119 cm³/mol. The largest absolute Gasteiger partial charge is 0.484 e. The van der Waals surface area contributed by atoms with Crippen molar-refractivity contribution in [1.29, 1.82) is 0 Å². The van der Waals surface area contributed by atoms with Crippen molar-refractivity contribution in [2.45, 2.75) is 26.2 Å². The number of carbonyl (C=O) groups excluding carboxylic acids is 1. The van der Waals surface area contributed by atoms with Gasteiger partial charge in [0.1, 0.15) is 18.1 Å². The Balaban J connectivity index is 1.65. The van der Waals surface area contributed by atoms with Crippen LogP contribution < -0.4 is 4.74 Å². The summed E-state index contributed by atoms with van der Waals surface area (Å²) in [6, 6.07) is 4.10. The number of Topliss-reactive ketones (excluding diaryl/α,β-unsaturated/α-hetero) is 1. The number of rotatable bonds is 7. The smallest absolute Gasteiger partial charge is 0.278 e. The van der Waals surface area contributed by atoms with Gasteiger partial charge in [-0.25, -0.2) is 13.8 Å². The van der Waals surface area contributed by atoms with Gasteiger partial charge in [0.25, 0.3) is 11.8 Å². The molecule has 33 heavy (non-hydrogen) atoms. The van der Waals surface area contributed by atoms with Crippen LogP contribution in [-0.2, 0) is 10.7 Å². The lowest BCUT2D eigenvalue weighted by atomic mass is 10.2. The third-order valence-electron chi connectivity index (χ3n) is 4.70. The highest BCUT2D eigenvalue weighted by Crippen LogP contribution is 2.37. The van der Waals surface area contributed by atoms with Gasteiger partial charge in [-0.05, 0) is 12.1 Å². The van der Waals surface area contributed by atoms with Gasteiger partial charge in [-0.1, -0.05) is 46.9 Å². The quantitative estimate of drug-likeness (QED) is 0.280. The Morgan fingerprint density at radius 3 is 2.58 bits per heavy atom. The van der Waals surface area contributed by atoms with Gasteiger partial charge in [-0.2, -0.15) is 4.98 Å². The summed E-state index contributed by atoms with van der Waals surface area (Å²) in [5.74, 6) is -2.77. The first-order chi connectivity index (χ1) is 15.6. The van der Waals surface area contributed by atoms with Crippen molar-refractivity contribution >= 4 is 46.2 Å². The topological polar surface area (TPSA) is 82.5 Å². The van der Waals surface area contributed by atoms with Gasteiger partial charge >= 0.3 is 0 Å². The fraction of sp³-hybridized carbons (Fsp3) is 0.238. The highest BCUT2D eigenvalue weighted by molar-refractivity contribution is 6.36. The fourth-order valence-electron chi connectivity index (χ4n) is 2.91. The van der Waals surface area contributed by atoms with Gasteiger partial charge in [0.05, 0.1) is 15.1 Å². The van der Waals surface area contributed by atoms with E-state index in [0.29, 0.717) is 12.0 Å². The Kier molecular flexibility index (Phi) is 6.30. The van der Waals surface area contributed by atoms with Crippen molar-refractivity contribution in [1.82, 2.24) is 19.5 Å². The highest BCUT2D eigenvalue weighted by Gasteiger charge is 2.26. The summed E-state index contributed by atoms with van der Waals surface area (Å²) in [6.45, 7) is 2.38.